The Morgan fingerprint density at radius 1 is 1.33 bits per heavy atom. The number of amides is 1. The van der Waals surface area contributed by atoms with Gasteiger partial charge in [0.25, 0.3) is 0 Å². The molecule has 1 aromatic carbocycles. The normalized spacial score (nSPS) is 10.1. The minimum atomic E-state index is 0.0757. The lowest BCUT2D eigenvalue weighted by molar-refractivity contribution is -0.115. The molecular weight excluding hydrogens is 186 g/mol. The second-order valence-electron chi connectivity index (χ2n) is 3.74. The first-order chi connectivity index (χ1) is 7.19. The third kappa shape index (κ3) is 3.08. The Labute approximate surface area is 91.7 Å². The highest BCUT2D eigenvalue weighted by molar-refractivity contribution is 5.91. The van der Waals surface area contributed by atoms with Gasteiger partial charge in [0.05, 0.1) is 0 Å². The topological polar surface area (TPSA) is 29.1 Å². The van der Waals surface area contributed by atoms with E-state index in [2.05, 4.69) is 25.2 Å². The molecule has 0 aromatic heterocycles. The van der Waals surface area contributed by atoms with E-state index < -0.39 is 0 Å². The molecular formula is C13H19NO. The van der Waals surface area contributed by atoms with Gasteiger partial charge in [0.15, 0.2) is 0 Å². The number of rotatable bonds is 4. The molecule has 0 fully saturated rings. The van der Waals surface area contributed by atoms with Gasteiger partial charge >= 0.3 is 0 Å². The van der Waals surface area contributed by atoms with Crippen molar-refractivity contribution in [1.29, 1.82) is 0 Å². The van der Waals surface area contributed by atoms with Crippen LogP contribution in [-0.2, 0) is 11.2 Å². The Hall–Kier alpha value is -1.31. The van der Waals surface area contributed by atoms with Crippen LogP contribution in [0.25, 0.3) is 0 Å². The molecule has 0 radical (unpaired) electrons. The van der Waals surface area contributed by atoms with Gasteiger partial charge in [0.2, 0.25) is 5.91 Å². The maximum atomic E-state index is 11.3. The number of nitrogens with one attached hydrogen (secondary N) is 1. The van der Waals surface area contributed by atoms with E-state index in [-0.39, 0.29) is 5.91 Å². The Bertz CT molecular complexity index is 344. The minimum absolute atomic E-state index is 0.0757. The molecule has 1 rings (SSSR count). The number of carbonyl (C=O) groups is 1. The van der Waals surface area contributed by atoms with Crippen LogP contribution in [0.5, 0.6) is 0 Å². The van der Waals surface area contributed by atoms with Crippen LogP contribution in [0, 0.1) is 6.92 Å². The summed E-state index contributed by atoms with van der Waals surface area (Å²) < 4.78 is 0. The number of carbonyl (C=O) groups excluding carboxylic acids is 1. The number of benzene rings is 1. The van der Waals surface area contributed by atoms with Gasteiger partial charge in [0.1, 0.15) is 0 Å². The van der Waals surface area contributed by atoms with Crippen LogP contribution in [-0.4, -0.2) is 5.91 Å². The molecule has 0 bridgehead atoms. The van der Waals surface area contributed by atoms with Crippen LogP contribution < -0.4 is 5.32 Å². The highest BCUT2D eigenvalue weighted by Gasteiger charge is 2.05. The van der Waals surface area contributed by atoms with Crippen LogP contribution in [0.3, 0.4) is 0 Å². The van der Waals surface area contributed by atoms with Crippen molar-refractivity contribution in [1.82, 2.24) is 0 Å². The van der Waals surface area contributed by atoms with Gasteiger partial charge in [-0.2, -0.15) is 0 Å². The number of hydrogen-bond donors (Lipinski definition) is 1. The highest BCUT2D eigenvalue weighted by Crippen LogP contribution is 2.20. The van der Waals surface area contributed by atoms with Crippen molar-refractivity contribution in [2.75, 3.05) is 5.32 Å². The summed E-state index contributed by atoms with van der Waals surface area (Å²) >= 11 is 0. The fraction of sp³-hybridized carbons (Fsp3) is 0.462. The predicted molar refractivity (Wildman–Crippen MR) is 64.1 cm³/mol. The summed E-state index contributed by atoms with van der Waals surface area (Å²) in [6.45, 7) is 6.09. The molecule has 0 aliphatic heterocycles. The Morgan fingerprint density at radius 2 is 2.07 bits per heavy atom. The van der Waals surface area contributed by atoms with E-state index in [1.807, 2.05) is 19.1 Å². The quantitative estimate of drug-likeness (QED) is 0.802. The highest BCUT2D eigenvalue weighted by atomic mass is 16.1. The molecule has 1 amide bonds. The zero-order valence-electron chi connectivity index (χ0n) is 9.76. The molecule has 0 saturated heterocycles. The van der Waals surface area contributed by atoms with Crippen molar-refractivity contribution in [3.05, 3.63) is 29.3 Å². The zero-order chi connectivity index (χ0) is 11.3. The fourth-order valence-electron chi connectivity index (χ4n) is 1.60. The molecule has 0 aliphatic carbocycles. The minimum Gasteiger partial charge on any atom is -0.326 e. The Kier molecular flexibility index (Phi) is 4.35. The first kappa shape index (κ1) is 11.8. The van der Waals surface area contributed by atoms with Crippen molar-refractivity contribution < 1.29 is 4.79 Å². The maximum absolute atomic E-state index is 11.3. The predicted octanol–water partition coefficient (Wildman–Crippen LogP) is 3.30. The fourth-order valence-corrected chi connectivity index (χ4v) is 1.60. The average Bonchev–Trinajstić information content (AvgIpc) is 2.24. The second kappa shape index (κ2) is 5.54. The van der Waals surface area contributed by atoms with E-state index in [1.54, 1.807) is 0 Å². The summed E-state index contributed by atoms with van der Waals surface area (Å²) in [7, 11) is 0. The van der Waals surface area contributed by atoms with Gasteiger partial charge in [-0.3, -0.25) is 4.79 Å². The van der Waals surface area contributed by atoms with Gasteiger partial charge in [0, 0.05) is 12.1 Å². The van der Waals surface area contributed by atoms with Gasteiger partial charge < -0.3 is 5.32 Å². The second-order valence-corrected chi connectivity index (χ2v) is 3.74. The van der Waals surface area contributed by atoms with E-state index in [0.717, 1.165) is 18.5 Å². The summed E-state index contributed by atoms with van der Waals surface area (Å²) in [4.78, 5) is 11.3. The summed E-state index contributed by atoms with van der Waals surface area (Å²) in [5, 5.41) is 2.92. The van der Waals surface area contributed by atoms with Crippen LogP contribution in [0.4, 0.5) is 5.69 Å². The summed E-state index contributed by atoms with van der Waals surface area (Å²) in [6.07, 6.45) is 2.73. The number of anilines is 1. The van der Waals surface area contributed by atoms with E-state index in [9.17, 15) is 4.79 Å². The van der Waals surface area contributed by atoms with Gasteiger partial charge in [-0.05, 0) is 30.5 Å². The number of aryl methyl sites for hydroxylation is 1. The molecule has 15 heavy (non-hydrogen) atoms. The van der Waals surface area contributed by atoms with Crippen LogP contribution in [0.15, 0.2) is 18.2 Å². The molecule has 0 aliphatic rings. The van der Waals surface area contributed by atoms with Crippen LogP contribution in [0.1, 0.15) is 37.8 Å². The third-order valence-electron chi connectivity index (χ3n) is 2.56. The molecule has 1 N–H and O–H groups in total. The third-order valence-corrected chi connectivity index (χ3v) is 2.56. The zero-order valence-corrected chi connectivity index (χ0v) is 9.76. The molecule has 0 atom stereocenters. The van der Waals surface area contributed by atoms with Gasteiger partial charge in [-0.25, -0.2) is 0 Å². The van der Waals surface area contributed by atoms with Crippen molar-refractivity contribution >= 4 is 11.6 Å². The van der Waals surface area contributed by atoms with Crippen LogP contribution in [0.2, 0.25) is 0 Å². The maximum Gasteiger partial charge on any atom is 0.224 e. The molecule has 0 saturated carbocycles. The molecule has 0 heterocycles. The lowest BCUT2D eigenvalue weighted by Crippen LogP contribution is -2.11. The van der Waals surface area contributed by atoms with Crippen LogP contribution >= 0.6 is 0 Å². The average molecular weight is 205 g/mol. The van der Waals surface area contributed by atoms with E-state index in [4.69, 9.17) is 0 Å². The first-order valence-electron chi connectivity index (χ1n) is 5.57. The van der Waals surface area contributed by atoms with Crippen molar-refractivity contribution in [2.24, 2.45) is 0 Å². The first-order valence-corrected chi connectivity index (χ1v) is 5.57. The molecule has 0 unspecified atom stereocenters. The summed E-state index contributed by atoms with van der Waals surface area (Å²) in [5.74, 6) is 0.0757. The van der Waals surface area contributed by atoms with E-state index in [0.29, 0.717) is 6.42 Å². The lowest BCUT2D eigenvalue weighted by atomic mass is 10.0. The van der Waals surface area contributed by atoms with Crippen molar-refractivity contribution in [3.8, 4) is 0 Å². The Balaban J connectivity index is 2.88. The summed E-state index contributed by atoms with van der Waals surface area (Å²) in [5.41, 5.74) is 3.47. The largest absolute Gasteiger partial charge is 0.326 e. The molecule has 2 nitrogen and oxygen atoms in total. The number of hydrogen-bond acceptors (Lipinski definition) is 1. The van der Waals surface area contributed by atoms with Crippen molar-refractivity contribution in [2.45, 2.75) is 40.0 Å². The van der Waals surface area contributed by atoms with E-state index in [1.165, 1.54) is 11.1 Å². The van der Waals surface area contributed by atoms with Gasteiger partial charge in [-0.15, -0.1) is 0 Å². The van der Waals surface area contributed by atoms with Gasteiger partial charge in [-0.1, -0.05) is 32.4 Å². The molecule has 82 valence electrons. The standard InChI is InChI=1S/C13H19NO/c1-4-7-11-8-6-9-12(10(11)3)14-13(15)5-2/h6,8-9H,4-5,7H2,1-3H3,(H,14,15). The summed E-state index contributed by atoms with van der Waals surface area (Å²) in [6, 6.07) is 6.09. The van der Waals surface area contributed by atoms with Crippen molar-refractivity contribution in [3.63, 3.8) is 0 Å². The SMILES string of the molecule is CCCc1cccc(NC(=O)CC)c1C. The monoisotopic (exact) mass is 205 g/mol. The van der Waals surface area contributed by atoms with E-state index >= 15 is 0 Å². The molecule has 2 heteroatoms. The Morgan fingerprint density at radius 3 is 2.67 bits per heavy atom. The smallest absolute Gasteiger partial charge is 0.224 e. The molecule has 0 spiro atoms. The molecule has 1 aromatic rings. The lowest BCUT2D eigenvalue weighted by Gasteiger charge is -2.11.